The van der Waals surface area contributed by atoms with Gasteiger partial charge in [0.15, 0.2) is 0 Å². The minimum atomic E-state index is -1.08. The summed E-state index contributed by atoms with van der Waals surface area (Å²) in [5.74, 6) is -2.22. The average Bonchev–Trinajstić information content (AvgIpc) is 2.87. The quantitative estimate of drug-likeness (QED) is 0.579. The van der Waals surface area contributed by atoms with Crippen LogP contribution in [0.1, 0.15) is 25.0 Å². The number of ether oxygens (including phenoxy) is 2. The van der Waals surface area contributed by atoms with Gasteiger partial charge in [-0.3, -0.25) is 4.79 Å². The van der Waals surface area contributed by atoms with Crippen LogP contribution in [0.25, 0.3) is 0 Å². The van der Waals surface area contributed by atoms with Crippen LogP contribution in [-0.4, -0.2) is 17.7 Å². The number of halogens is 1. The lowest BCUT2D eigenvalue weighted by atomic mass is 10.1. The van der Waals surface area contributed by atoms with E-state index in [9.17, 15) is 9.59 Å². The molecular formula is C21H20ClNO4. The van der Waals surface area contributed by atoms with Crippen LogP contribution < -0.4 is 4.90 Å². The van der Waals surface area contributed by atoms with Crippen LogP contribution in [0.2, 0.25) is 5.02 Å². The molecule has 2 aromatic rings. The predicted octanol–water partition coefficient (Wildman–Crippen LogP) is 4.38. The standard InChI is InChI=1S/C21H20ClNO4/c1-14-4-6-15(7-5-14)13-23(17-10-8-16(22)9-11-17)19(24)12-18-20(25)27-21(2,3)26-18/h4-12H,13H2,1-3H3/b18-12-. The lowest BCUT2D eigenvalue weighted by Crippen LogP contribution is -2.29. The third kappa shape index (κ3) is 4.68. The summed E-state index contributed by atoms with van der Waals surface area (Å²) in [5.41, 5.74) is 2.75. The van der Waals surface area contributed by atoms with Gasteiger partial charge in [0.05, 0.1) is 12.6 Å². The van der Waals surface area contributed by atoms with Gasteiger partial charge in [0, 0.05) is 24.6 Å². The summed E-state index contributed by atoms with van der Waals surface area (Å²) < 4.78 is 10.5. The highest BCUT2D eigenvalue weighted by molar-refractivity contribution is 6.30. The predicted molar refractivity (Wildman–Crippen MR) is 103 cm³/mol. The molecule has 27 heavy (non-hydrogen) atoms. The van der Waals surface area contributed by atoms with Gasteiger partial charge in [0.1, 0.15) is 0 Å². The van der Waals surface area contributed by atoms with Crippen molar-refractivity contribution < 1.29 is 19.1 Å². The van der Waals surface area contributed by atoms with E-state index in [4.69, 9.17) is 21.1 Å². The molecule has 0 aliphatic carbocycles. The van der Waals surface area contributed by atoms with Crippen LogP contribution in [0.4, 0.5) is 5.69 Å². The number of esters is 1. The fourth-order valence-corrected chi connectivity index (χ4v) is 2.80. The molecule has 0 aromatic heterocycles. The number of rotatable bonds is 4. The van der Waals surface area contributed by atoms with Crippen LogP contribution in [0.3, 0.4) is 0 Å². The molecule has 0 unspecified atom stereocenters. The fourth-order valence-electron chi connectivity index (χ4n) is 2.67. The first-order valence-electron chi connectivity index (χ1n) is 8.50. The van der Waals surface area contributed by atoms with Crippen molar-refractivity contribution in [2.45, 2.75) is 33.1 Å². The number of anilines is 1. The molecule has 0 saturated carbocycles. The topological polar surface area (TPSA) is 55.8 Å². The summed E-state index contributed by atoms with van der Waals surface area (Å²) >= 11 is 5.96. The Labute approximate surface area is 163 Å². The number of aryl methyl sites for hydroxylation is 1. The minimum Gasteiger partial charge on any atom is -0.445 e. The van der Waals surface area contributed by atoms with E-state index in [1.165, 1.54) is 6.08 Å². The van der Waals surface area contributed by atoms with Gasteiger partial charge in [-0.1, -0.05) is 41.4 Å². The maximum Gasteiger partial charge on any atom is 0.377 e. The zero-order chi connectivity index (χ0) is 19.6. The summed E-state index contributed by atoms with van der Waals surface area (Å²) in [5, 5.41) is 0.573. The van der Waals surface area contributed by atoms with Gasteiger partial charge in [-0.15, -0.1) is 0 Å². The highest BCUT2D eigenvalue weighted by Gasteiger charge is 2.38. The highest BCUT2D eigenvalue weighted by Crippen LogP contribution is 2.27. The van der Waals surface area contributed by atoms with E-state index >= 15 is 0 Å². The van der Waals surface area contributed by atoms with Crippen LogP contribution in [0, 0.1) is 6.92 Å². The molecule has 0 radical (unpaired) electrons. The molecule has 3 rings (SSSR count). The molecule has 1 heterocycles. The molecule has 0 N–H and O–H groups in total. The molecule has 0 bridgehead atoms. The number of carbonyl (C=O) groups is 2. The van der Waals surface area contributed by atoms with Crippen molar-refractivity contribution in [1.29, 1.82) is 0 Å². The number of nitrogens with zero attached hydrogens (tertiary/aromatic N) is 1. The maximum absolute atomic E-state index is 12.9. The van der Waals surface area contributed by atoms with Crippen LogP contribution in [0.15, 0.2) is 60.4 Å². The first-order chi connectivity index (χ1) is 12.7. The number of amides is 1. The van der Waals surface area contributed by atoms with E-state index < -0.39 is 11.8 Å². The molecule has 1 aliphatic rings. The van der Waals surface area contributed by atoms with E-state index in [1.54, 1.807) is 43.0 Å². The van der Waals surface area contributed by atoms with Crippen molar-refractivity contribution >= 4 is 29.2 Å². The Hall–Kier alpha value is -2.79. The van der Waals surface area contributed by atoms with E-state index in [-0.39, 0.29) is 11.7 Å². The fraction of sp³-hybridized carbons (Fsp3) is 0.238. The van der Waals surface area contributed by atoms with E-state index in [2.05, 4.69) is 0 Å². The molecule has 140 valence electrons. The van der Waals surface area contributed by atoms with Gasteiger partial charge in [-0.2, -0.15) is 0 Å². The van der Waals surface area contributed by atoms with E-state index in [1.807, 2.05) is 31.2 Å². The Bertz CT molecular complexity index is 885. The number of cyclic esters (lactones) is 1. The van der Waals surface area contributed by atoms with Crippen LogP contribution >= 0.6 is 11.6 Å². The van der Waals surface area contributed by atoms with Gasteiger partial charge in [0.2, 0.25) is 11.5 Å². The lowest BCUT2D eigenvalue weighted by Gasteiger charge is -2.22. The second kappa shape index (κ2) is 7.45. The van der Waals surface area contributed by atoms with Crippen LogP contribution in [0.5, 0.6) is 0 Å². The number of benzene rings is 2. The molecule has 1 amide bonds. The third-order valence-corrected chi connectivity index (χ3v) is 4.27. The molecule has 6 heteroatoms. The molecule has 0 spiro atoms. The number of hydrogen-bond donors (Lipinski definition) is 0. The van der Waals surface area contributed by atoms with Crippen molar-refractivity contribution in [2.24, 2.45) is 0 Å². The van der Waals surface area contributed by atoms with Crippen LogP contribution in [-0.2, 0) is 25.6 Å². The van der Waals surface area contributed by atoms with Gasteiger partial charge in [0.25, 0.3) is 5.91 Å². The minimum absolute atomic E-state index is 0.104. The van der Waals surface area contributed by atoms with Crippen molar-refractivity contribution in [2.75, 3.05) is 4.90 Å². The average molecular weight is 386 g/mol. The molecule has 5 nitrogen and oxygen atoms in total. The normalized spacial score (nSPS) is 16.7. The third-order valence-electron chi connectivity index (χ3n) is 4.02. The number of hydrogen-bond acceptors (Lipinski definition) is 4. The number of carbonyl (C=O) groups excluding carboxylic acids is 2. The zero-order valence-corrected chi connectivity index (χ0v) is 16.1. The van der Waals surface area contributed by atoms with Gasteiger partial charge >= 0.3 is 5.97 Å². The maximum atomic E-state index is 12.9. The Kier molecular flexibility index (Phi) is 5.24. The second-order valence-electron chi connectivity index (χ2n) is 6.79. The largest absolute Gasteiger partial charge is 0.445 e. The molecule has 1 fully saturated rings. The summed E-state index contributed by atoms with van der Waals surface area (Å²) in [6, 6.07) is 14.8. The first-order valence-corrected chi connectivity index (χ1v) is 8.88. The summed E-state index contributed by atoms with van der Waals surface area (Å²) in [4.78, 5) is 26.4. The second-order valence-corrected chi connectivity index (χ2v) is 7.22. The summed E-state index contributed by atoms with van der Waals surface area (Å²) in [6.45, 7) is 5.56. The highest BCUT2D eigenvalue weighted by atomic mass is 35.5. The molecular weight excluding hydrogens is 366 g/mol. The van der Waals surface area contributed by atoms with Gasteiger partial charge in [-0.25, -0.2) is 4.79 Å². The zero-order valence-electron chi connectivity index (χ0n) is 15.4. The van der Waals surface area contributed by atoms with Gasteiger partial charge in [-0.05, 0) is 36.8 Å². The first kappa shape index (κ1) is 19.0. The molecule has 1 aliphatic heterocycles. The Balaban J connectivity index is 1.91. The Morgan fingerprint density at radius 1 is 1.07 bits per heavy atom. The molecule has 1 saturated heterocycles. The monoisotopic (exact) mass is 385 g/mol. The lowest BCUT2D eigenvalue weighted by molar-refractivity contribution is -0.159. The Morgan fingerprint density at radius 2 is 1.70 bits per heavy atom. The summed E-state index contributed by atoms with van der Waals surface area (Å²) in [7, 11) is 0. The smallest absolute Gasteiger partial charge is 0.377 e. The van der Waals surface area contributed by atoms with Crippen molar-refractivity contribution in [3.8, 4) is 0 Å². The van der Waals surface area contributed by atoms with Crippen molar-refractivity contribution in [3.05, 3.63) is 76.5 Å². The van der Waals surface area contributed by atoms with Crippen molar-refractivity contribution in [3.63, 3.8) is 0 Å². The van der Waals surface area contributed by atoms with E-state index in [0.29, 0.717) is 17.3 Å². The van der Waals surface area contributed by atoms with E-state index in [0.717, 1.165) is 11.1 Å². The Morgan fingerprint density at radius 3 is 2.26 bits per heavy atom. The summed E-state index contributed by atoms with van der Waals surface area (Å²) in [6.07, 6.45) is 1.17. The molecule has 0 atom stereocenters. The van der Waals surface area contributed by atoms with Crippen molar-refractivity contribution in [1.82, 2.24) is 0 Å². The molecule has 2 aromatic carbocycles. The SMILES string of the molecule is Cc1ccc(CN(C(=O)/C=C2\OC(C)(C)OC2=O)c2ccc(Cl)cc2)cc1. The van der Waals surface area contributed by atoms with Gasteiger partial charge < -0.3 is 14.4 Å².